The average molecular weight is 287 g/mol. The van der Waals surface area contributed by atoms with Gasteiger partial charge in [0, 0.05) is 24.6 Å². The highest BCUT2D eigenvalue weighted by Crippen LogP contribution is 2.22. The van der Waals surface area contributed by atoms with Crippen LogP contribution in [0.2, 0.25) is 0 Å². The average Bonchev–Trinajstić information content (AvgIpc) is 2.89. The summed E-state index contributed by atoms with van der Waals surface area (Å²) in [5, 5.41) is 2.60. The van der Waals surface area contributed by atoms with Crippen LogP contribution in [0.5, 0.6) is 0 Å². The van der Waals surface area contributed by atoms with E-state index in [4.69, 9.17) is 4.74 Å². The van der Waals surface area contributed by atoms with Gasteiger partial charge in [0.25, 0.3) is 5.91 Å². The van der Waals surface area contributed by atoms with Crippen molar-refractivity contribution in [2.24, 2.45) is 5.92 Å². The van der Waals surface area contributed by atoms with Gasteiger partial charge in [-0.1, -0.05) is 6.92 Å². The minimum atomic E-state index is -1.57. The van der Waals surface area contributed by atoms with Crippen molar-refractivity contribution in [3.8, 4) is 0 Å². The number of nitrogens with one attached hydrogen (secondary N) is 1. The molecule has 110 valence electrons. The van der Waals surface area contributed by atoms with Crippen molar-refractivity contribution in [3.05, 3.63) is 35.1 Å². The standard InChI is InChI=1S/C14H16F3NO2/c1-2-12-8(3-4-20-12)7-18-14(19)9-5-10(15)13(17)11(16)6-9/h5-6,8,12H,2-4,7H2,1H3,(H,18,19). The smallest absolute Gasteiger partial charge is 0.251 e. The van der Waals surface area contributed by atoms with E-state index in [-0.39, 0.29) is 17.6 Å². The SMILES string of the molecule is CCC1OCCC1CNC(=O)c1cc(F)c(F)c(F)c1. The van der Waals surface area contributed by atoms with Gasteiger partial charge >= 0.3 is 0 Å². The Bertz CT molecular complexity index is 484. The van der Waals surface area contributed by atoms with Crippen LogP contribution in [-0.2, 0) is 4.74 Å². The third-order valence-corrected chi connectivity index (χ3v) is 3.52. The van der Waals surface area contributed by atoms with Crippen LogP contribution in [0.15, 0.2) is 12.1 Å². The van der Waals surface area contributed by atoms with Crippen molar-refractivity contribution in [1.29, 1.82) is 0 Å². The number of ether oxygens (including phenoxy) is 1. The number of carbonyl (C=O) groups is 1. The van der Waals surface area contributed by atoms with Crippen molar-refractivity contribution < 1.29 is 22.7 Å². The zero-order valence-electron chi connectivity index (χ0n) is 11.1. The second kappa shape index (κ2) is 6.26. The van der Waals surface area contributed by atoms with Crippen LogP contribution in [0.4, 0.5) is 13.2 Å². The Labute approximate surface area is 115 Å². The van der Waals surface area contributed by atoms with Gasteiger partial charge < -0.3 is 10.1 Å². The van der Waals surface area contributed by atoms with E-state index in [1.54, 1.807) is 0 Å². The Morgan fingerprint density at radius 2 is 2.00 bits per heavy atom. The van der Waals surface area contributed by atoms with Gasteiger partial charge in [-0.2, -0.15) is 0 Å². The molecule has 0 spiro atoms. The minimum Gasteiger partial charge on any atom is -0.378 e. The summed E-state index contributed by atoms with van der Waals surface area (Å²) >= 11 is 0. The van der Waals surface area contributed by atoms with Crippen LogP contribution in [-0.4, -0.2) is 25.2 Å². The quantitative estimate of drug-likeness (QED) is 0.865. The molecule has 2 unspecified atom stereocenters. The molecular weight excluding hydrogens is 271 g/mol. The Hall–Kier alpha value is -1.56. The van der Waals surface area contributed by atoms with Crippen LogP contribution in [0.25, 0.3) is 0 Å². The highest BCUT2D eigenvalue weighted by molar-refractivity contribution is 5.94. The van der Waals surface area contributed by atoms with E-state index >= 15 is 0 Å². The molecule has 1 fully saturated rings. The van der Waals surface area contributed by atoms with Gasteiger partial charge in [0.2, 0.25) is 0 Å². The number of carbonyl (C=O) groups excluding carboxylic acids is 1. The molecule has 1 aromatic carbocycles. The van der Waals surface area contributed by atoms with Crippen LogP contribution in [0.1, 0.15) is 30.1 Å². The maximum absolute atomic E-state index is 13.0. The second-order valence-corrected chi connectivity index (χ2v) is 4.83. The molecular formula is C14H16F3NO2. The normalized spacial score (nSPS) is 22.0. The lowest BCUT2D eigenvalue weighted by Gasteiger charge is -2.17. The van der Waals surface area contributed by atoms with Gasteiger partial charge in [-0.15, -0.1) is 0 Å². The van der Waals surface area contributed by atoms with Gasteiger partial charge in [-0.05, 0) is 25.0 Å². The molecule has 0 radical (unpaired) electrons. The number of benzene rings is 1. The maximum Gasteiger partial charge on any atom is 0.251 e. The van der Waals surface area contributed by atoms with Crippen molar-refractivity contribution in [2.45, 2.75) is 25.9 Å². The first-order valence-corrected chi connectivity index (χ1v) is 6.57. The fraction of sp³-hybridized carbons (Fsp3) is 0.500. The lowest BCUT2D eigenvalue weighted by atomic mass is 9.99. The summed E-state index contributed by atoms with van der Waals surface area (Å²) in [6.07, 6.45) is 1.78. The molecule has 1 aliphatic rings. The molecule has 0 saturated carbocycles. The van der Waals surface area contributed by atoms with Crippen LogP contribution in [0, 0.1) is 23.4 Å². The minimum absolute atomic E-state index is 0.0944. The van der Waals surface area contributed by atoms with Gasteiger partial charge in [0.15, 0.2) is 17.5 Å². The molecule has 3 nitrogen and oxygen atoms in total. The highest BCUT2D eigenvalue weighted by Gasteiger charge is 2.27. The van der Waals surface area contributed by atoms with E-state index in [2.05, 4.69) is 5.32 Å². The first-order chi connectivity index (χ1) is 9.52. The Morgan fingerprint density at radius 1 is 1.35 bits per heavy atom. The summed E-state index contributed by atoms with van der Waals surface area (Å²) in [4.78, 5) is 11.8. The molecule has 20 heavy (non-hydrogen) atoms. The van der Waals surface area contributed by atoms with E-state index in [0.717, 1.165) is 12.8 Å². The Balaban J connectivity index is 1.98. The predicted octanol–water partition coefficient (Wildman–Crippen LogP) is 2.65. The van der Waals surface area contributed by atoms with Crippen molar-refractivity contribution >= 4 is 5.91 Å². The molecule has 0 aromatic heterocycles. The molecule has 0 aliphatic carbocycles. The fourth-order valence-electron chi connectivity index (χ4n) is 2.39. The van der Waals surface area contributed by atoms with Gasteiger partial charge in [0.1, 0.15) is 0 Å². The van der Waals surface area contributed by atoms with E-state index in [1.807, 2.05) is 6.92 Å². The first kappa shape index (κ1) is 14.8. The molecule has 2 atom stereocenters. The molecule has 1 aromatic rings. The van der Waals surface area contributed by atoms with Crippen LogP contribution >= 0.6 is 0 Å². The van der Waals surface area contributed by atoms with Gasteiger partial charge in [0.05, 0.1) is 6.10 Å². The molecule has 2 rings (SSSR count). The lowest BCUT2D eigenvalue weighted by Crippen LogP contribution is -2.32. The topological polar surface area (TPSA) is 38.3 Å². The number of amides is 1. The summed E-state index contributed by atoms with van der Waals surface area (Å²) in [5.74, 6) is -4.74. The summed E-state index contributed by atoms with van der Waals surface area (Å²) in [7, 11) is 0. The third-order valence-electron chi connectivity index (χ3n) is 3.52. The zero-order valence-corrected chi connectivity index (χ0v) is 11.1. The molecule has 1 aliphatic heterocycles. The van der Waals surface area contributed by atoms with Crippen LogP contribution in [0.3, 0.4) is 0 Å². The number of rotatable bonds is 4. The molecule has 6 heteroatoms. The van der Waals surface area contributed by atoms with Crippen LogP contribution < -0.4 is 5.32 Å². The number of halogens is 3. The molecule has 1 N–H and O–H groups in total. The maximum atomic E-state index is 13.0. The largest absolute Gasteiger partial charge is 0.378 e. The monoisotopic (exact) mass is 287 g/mol. The highest BCUT2D eigenvalue weighted by atomic mass is 19.2. The van der Waals surface area contributed by atoms with Gasteiger partial charge in [-0.3, -0.25) is 4.79 Å². The molecule has 0 bridgehead atoms. The predicted molar refractivity (Wildman–Crippen MR) is 66.8 cm³/mol. The third kappa shape index (κ3) is 3.12. The first-order valence-electron chi connectivity index (χ1n) is 6.57. The fourth-order valence-corrected chi connectivity index (χ4v) is 2.39. The Kier molecular flexibility index (Phi) is 4.65. The van der Waals surface area contributed by atoms with Crippen molar-refractivity contribution in [2.75, 3.05) is 13.2 Å². The summed E-state index contributed by atoms with van der Waals surface area (Å²) < 4.78 is 44.4. The summed E-state index contributed by atoms with van der Waals surface area (Å²) in [6, 6.07) is 1.38. The summed E-state index contributed by atoms with van der Waals surface area (Å²) in [6.45, 7) is 3.02. The number of hydrogen-bond acceptors (Lipinski definition) is 2. The van der Waals surface area contributed by atoms with Gasteiger partial charge in [-0.25, -0.2) is 13.2 Å². The molecule has 1 heterocycles. The lowest BCUT2D eigenvalue weighted by molar-refractivity contribution is 0.0826. The van der Waals surface area contributed by atoms with Crippen molar-refractivity contribution in [3.63, 3.8) is 0 Å². The van der Waals surface area contributed by atoms with E-state index in [1.165, 1.54) is 0 Å². The van der Waals surface area contributed by atoms with Crippen molar-refractivity contribution in [1.82, 2.24) is 5.32 Å². The van der Waals surface area contributed by atoms with E-state index in [0.29, 0.717) is 25.3 Å². The Morgan fingerprint density at radius 3 is 2.60 bits per heavy atom. The second-order valence-electron chi connectivity index (χ2n) is 4.83. The van der Waals surface area contributed by atoms with E-state index < -0.39 is 23.4 Å². The summed E-state index contributed by atoms with van der Waals surface area (Å²) in [5.41, 5.74) is -0.228. The van der Waals surface area contributed by atoms with E-state index in [9.17, 15) is 18.0 Å². The molecule has 1 saturated heterocycles. The molecule has 1 amide bonds. The number of hydrogen-bond donors (Lipinski definition) is 1. The zero-order chi connectivity index (χ0) is 14.7.